The molecule has 2 N–H and O–H groups in total. The van der Waals surface area contributed by atoms with Crippen molar-refractivity contribution >= 4 is 11.6 Å². The molecule has 1 aromatic rings. The first-order valence-corrected chi connectivity index (χ1v) is 6.32. The predicted molar refractivity (Wildman–Crippen MR) is 73.6 cm³/mol. The molecule has 0 spiro atoms. The Kier molecular flexibility index (Phi) is 7.06. The van der Waals surface area contributed by atoms with Gasteiger partial charge in [-0.3, -0.25) is 4.79 Å². The van der Waals surface area contributed by atoms with Crippen molar-refractivity contribution < 1.29 is 9.53 Å². The largest absolute Gasteiger partial charge is 0.380 e. The highest BCUT2D eigenvalue weighted by atomic mass is 16.5. The van der Waals surface area contributed by atoms with Gasteiger partial charge >= 0.3 is 0 Å². The molecule has 4 heteroatoms. The maximum absolute atomic E-state index is 11.5. The Labute approximate surface area is 109 Å². The van der Waals surface area contributed by atoms with Gasteiger partial charge in [0.15, 0.2) is 0 Å². The summed E-state index contributed by atoms with van der Waals surface area (Å²) in [5, 5.41) is 5.85. The molecule has 4 nitrogen and oxygen atoms in total. The Morgan fingerprint density at radius 1 is 1.28 bits per heavy atom. The minimum absolute atomic E-state index is 0.0370. The van der Waals surface area contributed by atoms with Crippen LogP contribution in [-0.4, -0.2) is 32.2 Å². The number of amides is 1. The molecule has 18 heavy (non-hydrogen) atoms. The lowest BCUT2D eigenvalue weighted by atomic mass is 10.2. The maximum atomic E-state index is 11.5. The van der Waals surface area contributed by atoms with Crippen LogP contribution >= 0.6 is 0 Å². The molecular formula is C14H22N2O2. The van der Waals surface area contributed by atoms with Crippen LogP contribution < -0.4 is 10.6 Å². The highest BCUT2D eigenvalue weighted by Crippen LogP contribution is 2.03. The van der Waals surface area contributed by atoms with E-state index in [9.17, 15) is 4.79 Å². The number of para-hydroxylation sites is 1. The van der Waals surface area contributed by atoms with Crippen LogP contribution in [0.5, 0.6) is 0 Å². The van der Waals surface area contributed by atoms with Gasteiger partial charge in [-0.15, -0.1) is 0 Å². The van der Waals surface area contributed by atoms with Crippen molar-refractivity contribution in [1.82, 2.24) is 5.32 Å². The lowest BCUT2D eigenvalue weighted by Gasteiger charge is -2.08. The molecule has 0 saturated heterocycles. The molecule has 1 amide bonds. The standard InChI is InChI=1S/C14H22N2O2/c1-12(2)11-18-9-8-15-10-14(17)16-13-6-4-3-5-7-13/h3-7,12,15H,8-11H2,1-2H3,(H,16,17). The van der Waals surface area contributed by atoms with Gasteiger partial charge in [-0.1, -0.05) is 32.0 Å². The topological polar surface area (TPSA) is 50.4 Å². The molecule has 100 valence electrons. The van der Waals surface area contributed by atoms with Gasteiger partial charge in [0.1, 0.15) is 0 Å². The van der Waals surface area contributed by atoms with E-state index in [4.69, 9.17) is 4.74 Å². The van der Waals surface area contributed by atoms with Crippen LogP contribution in [0.4, 0.5) is 5.69 Å². The fourth-order valence-electron chi connectivity index (χ4n) is 1.39. The Bertz CT molecular complexity index is 339. The molecule has 0 aromatic heterocycles. The second kappa shape index (κ2) is 8.66. The van der Waals surface area contributed by atoms with Crippen molar-refractivity contribution in [2.45, 2.75) is 13.8 Å². The maximum Gasteiger partial charge on any atom is 0.238 e. The van der Waals surface area contributed by atoms with Gasteiger partial charge in [0.2, 0.25) is 5.91 Å². The Balaban J connectivity index is 2.04. The minimum Gasteiger partial charge on any atom is -0.380 e. The lowest BCUT2D eigenvalue weighted by Crippen LogP contribution is -2.30. The normalized spacial score (nSPS) is 10.6. The highest BCUT2D eigenvalue weighted by molar-refractivity contribution is 5.92. The van der Waals surface area contributed by atoms with E-state index in [1.165, 1.54) is 0 Å². The monoisotopic (exact) mass is 250 g/mol. The van der Waals surface area contributed by atoms with E-state index in [1.54, 1.807) is 0 Å². The number of ether oxygens (including phenoxy) is 1. The number of hydrogen-bond acceptors (Lipinski definition) is 3. The smallest absolute Gasteiger partial charge is 0.238 e. The number of nitrogens with one attached hydrogen (secondary N) is 2. The van der Waals surface area contributed by atoms with Crippen LogP contribution in [0.15, 0.2) is 30.3 Å². The number of rotatable bonds is 8. The van der Waals surface area contributed by atoms with Gasteiger partial charge in [0, 0.05) is 18.8 Å². The Morgan fingerprint density at radius 2 is 2.00 bits per heavy atom. The number of benzene rings is 1. The SMILES string of the molecule is CC(C)COCCNCC(=O)Nc1ccccc1. The molecule has 0 bridgehead atoms. The van der Waals surface area contributed by atoms with Crippen LogP contribution in [0, 0.1) is 5.92 Å². The van der Waals surface area contributed by atoms with Crippen molar-refractivity contribution in [3.05, 3.63) is 30.3 Å². The van der Waals surface area contributed by atoms with Crippen LogP contribution in [0.25, 0.3) is 0 Å². The van der Waals surface area contributed by atoms with Crippen molar-refractivity contribution in [2.75, 3.05) is 31.6 Å². The predicted octanol–water partition coefficient (Wildman–Crippen LogP) is 1.89. The molecule has 0 saturated carbocycles. The summed E-state index contributed by atoms with van der Waals surface area (Å²) in [6.45, 7) is 6.62. The first kappa shape index (κ1) is 14.7. The van der Waals surface area contributed by atoms with Gasteiger partial charge in [-0.05, 0) is 18.1 Å². The van der Waals surface area contributed by atoms with Gasteiger partial charge in [-0.25, -0.2) is 0 Å². The van der Waals surface area contributed by atoms with Crippen molar-refractivity contribution in [3.8, 4) is 0 Å². The molecule has 1 rings (SSSR count). The van der Waals surface area contributed by atoms with Gasteiger partial charge in [0.25, 0.3) is 0 Å². The van der Waals surface area contributed by atoms with Crippen LogP contribution in [-0.2, 0) is 9.53 Å². The van der Waals surface area contributed by atoms with E-state index in [0.29, 0.717) is 25.6 Å². The van der Waals surface area contributed by atoms with E-state index in [-0.39, 0.29) is 5.91 Å². The molecular weight excluding hydrogens is 228 g/mol. The average molecular weight is 250 g/mol. The van der Waals surface area contributed by atoms with Crippen molar-refractivity contribution in [2.24, 2.45) is 5.92 Å². The van der Waals surface area contributed by atoms with Crippen molar-refractivity contribution in [3.63, 3.8) is 0 Å². The van der Waals surface area contributed by atoms with E-state index in [1.807, 2.05) is 30.3 Å². The van der Waals surface area contributed by atoms with Crippen molar-refractivity contribution in [1.29, 1.82) is 0 Å². The molecule has 0 fully saturated rings. The average Bonchev–Trinajstić information content (AvgIpc) is 2.34. The van der Waals surface area contributed by atoms with E-state index >= 15 is 0 Å². The summed E-state index contributed by atoms with van der Waals surface area (Å²) >= 11 is 0. The second-order valence-corrected chi connectivity index (χ2v) is 4.56. The van der Waals surface area contributed by atoms with E-state index in [0.717, 1.165) is 12.3 Å². The number of carbonyl (C=O) groups excluding carboxylic acids is 1. The third kappa shape index (κ3) is 7.04. The Morgan fingerprint density at radius 3 is 2.67 bits per heavy atom. The highest BCUT2D eigenvalue weighted by Gasteiger charge is 2.00. The zero-order valence-electron chi connectivity index (χ0n) is 11.1. The molecule has 0 aliphatic carbocycles. The van der Waals surface area contributed by atoms with Gasteiger partial charge in [0.05, 0.1) is 13.2 Å². The molecule has 0 radical (unpaired) electrons. The third-order valence-electron chi connectivity index (χ3n) is 2.22. The molecule has 0 atom stereocenters. The summed E-state index contributed by atoms with van der Waals surface area (Å²) in [4.78, 5) is 11.5. The fraction of sp³-hybridized carbons (Fsp3) is 0.500. The Hall–Kier alpha value is -1.39. The summed E-state index contributed by atoms with van der Waals surface area (Å²) < 4.78 is 5.40. The third-order valence-corrected chi connectivity index (χ3v) is 2.22. The zero-order valence-corrected chi connectivity index (χ0v) is 11.1. The van der Waals surface area contributed by atoms with E-state index < -0.39 is 0 Å². The molecule has 0 aliphatic heterocycles. The minimum atomic E-state index is -0.0370. The molecule has 0 heterocycles. The quantitative estimate of drug-likeness (QED) is 0.693. The summed E-state index contributed by atoms with van der Waals surface area (Å²) in [6.07, 6.45) is 0. The number of carbonyl (C=O) groups is 1. The second-order valence-electron chi connectivity index (χ2n) is 4.56. The molecule has 0 unspecified atom stereocenters. The fourth-order valence-corrected chi connectivity index (χ4v) is 1.39. The first-order chi connectivity index (χ1) is 8.68. The van der Waals surface area contributed by atoms with Gasteiger partial charge in [-0.2, -0.15) is 0 Å². The lowest BCUT2D eigenvalue weighted by molar-refractivity contribution is -0.115. The zero-order chi connectivity index (χ0) is 13.2. The summed E-state index contributed by atoms with van der Waals surface area (Å²) in [5.41, 5.74) is 0.820. The number of hydrogen-bond donors (Lipinski definition) is 2. The first-order valence-electron chi connectivity index (χ1n) is 6.32. The number of anilines is 1. The van der Waals surface area contributed by atoms with Crippen LogP contribution in [0.1, 0.15) is 13.8 Å². The van der Waals surface area contributed by atoms with Crippen LogP contribution in [0.2, 0.25) is 0 Å². The molecule has 1 aromatic carbocycles. The summed E-state index contributed by atoms with van der Waals surface area (Å²) in [7, 11) is 0. The summed E-state index contributed by atoms with van der Waals surface area (Å²) in [5.74, 6) is 0.511. The van der Waals surface area contributed by atoms with E-state index in [2.05, 4.69) is 24.5 Å². The van der Waals surface area contributed by atoms with Crippen LogP contribution in [0.3, 0.4) is 0 Å². The summed E-state index contributed by atoms with van der Waals surface area (Å²) in [6, 6.07) is 9.43. The van der Waals surface area contributed by atoms with Gasteiger partial charge < -0.3 is 15.4 Å². The molecule has 0 aliphatic rings.